The van der Waals surface area contributed by atoms with E-state index in [0.29, 0.717) is 18.3 Å². The number of nitrogens with zero attached hydrogens (tertiary/aromatic N) is 3. The molecule has 2 rings (SSSR count). The Bertz CT molecular complexity index is 395. The molecule has 2 heterocycles. The van der Waals surface area contributed by atoms with Gasteiger partial charge in [-0.3, -0.25) is 4.99 Å². The second-order valence-electron chi connectivity index (χ2n) is 4.32. The molecule has 1 aromatic rings. The molecule has 6 heteroatoms. The lowest BCUT2D eigenvalue weighted by molar-refractivity contribution is -0.0136. The van der Waals surface area contributed by atoms with Crippen molar-refractivity contribution in [2.75, 3.05) is 38.6 Å². The Labute approximate surface area is 107 Å². The number of ether oxygens (including phenoxy) is 1. The SMILES string of the molecule is CN1CCOC(CN=C(N)Nc2ccccn2)C1. The van der Waals surface area contributed by atoms with Crippen LogP contribution in [0.1, 0.15) is 0 Å². The highest BCUT2D eigenvalue weighted by Crippen LogP contribution is 2.03. The van der Waals surface area contributed by atoms with E-state index in [1.807, 2.05) is 18.2 Å². The fourth-order valence-electron chi connectivity index (χ4n) is 1.78. The van der Waals surface area contributed by atoms with E-state index in [2.05, 4.69) is 27.2 Å². The van der Waals surface area contributed by atoms with Gasteiger partial charge in [-0.1, -0.05) is 6.07 Å². The second kappa shape index (κ2) is 6.32. The van der Waals surface area contributed by atoms with Gasteiger partial charge in [-0.2, -0.15) is 0 Å². The number of hydrogen-bond donors (Lipinski definition) is 2. The van der Waals surface area contributed by atoms with E-state index in [4.69, 9.17) is 10.5 Å². The molecule has 0 bridgehead atoms. The van der Waals surface area contributed by atoms with Gasteiger partial charge in [0.2, 0.25) is 0 Å². The summed E-state index contributed by atoms with van der Waals surface area (Å²) in [5.41, 5.74) is 5.79. The van der Waals surface area contributed by atoms with Crippen LogP contribution >= 0.6 is 0 Å². The van der Waals surface area contributed by atoms with Crippen molar-refractivity contribution >= 4 is 11.8 Å². The minimum absolute atomic E-state index is 0.118. The lowest BCUT2D eigenvalue weighted by atomic mass is 10.3. The molecule has 98 valence electrons. The van der Waals surface area contributed by atoms with E-state index >= 15 is 0 Å². The normalized spacial score (nSPS) is 21.8. The Morgan fingerprint density at radius 1 is 1.67 bits per heavy atom. The van der Waals surface area contributed by atoms with Gasteiger partial charge in [0.1, 0.15) is 5.82 Å². The van der Waals surface area contributed by atoms with Crippen molar-refractivity contribution in [3.63, 3.8) is 0 Å². The fraction of sp³-hybridized carbons (Fsp3) is 0.500. The van der Waals surface area contributed by atoms with Crippen LogP contribution in [0, 0.1) is 0 Å². The highest BCUT2D eigenvalue weighted by molar-refractivity contribution is 5.91. The largest absolute Gasteiger partial charge is 0.374 e. The smallest absolute Gasteiger partial charge is 0.194 e. The van der Waals surface area contributed by atoms with Gasteiger partial charge in [-0.05, 0) is 19.2 Å². The number of morpholine rings is 1. The fourth-order valence-corrected chi connectivity index (χ4v) is 1.78. The molecule has 1 aliphatic rings. The molecule has 0 amide bonds. The van der Waals surface area contributed by atoms with Crippen LogP contribution in [0.3, 0.4) is 0 Å². The first-order valence-corrected chi connectivity index (χ1v) is 6.02. The first-order chi connectivity index (χ1) is 8.74. The Hall–Kier alpha value is -1.66. The van der Waals surface area contributed by atoms with Crippen LogP contribution < -0.4 is 11.1 Å². The quantitative estimate of drug-likeness (QED) is 0.588. The number of nitrogens with one attached hydrogen (secondary N) is 1. The number of hydrogen-bond acceptors (Lipinski definition) is 4. The first kappa shape index (κ1) is 12.8. The summed E-state index contributed by atoms with van der Waals surface area (Å²) < 4.78 is 5.60. The Kier molecular flexibility index (Phi) is 4.49. The molecule has 0 aromatic carbocycles. The van der Waals surface area contributed by atoms with Crippen molar-refractivity contribution in [1.29, 1.82) is 0 Å². The lowest BCUT2D eigenvalue weighted by Gasteiger charge is -2.29. The van der Waals surface area contributed by atoms with Gasteiger partial charge in [0.15, 0.2) is 5.96 Å². The third-order valence-corrected chi connectivity index (χ3v) is 2.73. The van der Waals surface area contributed by atoms with Crippen molar-refractivity contribution in [2.24, 2.45) is 10.7 Å². The predicted octanol–water partition coefficient (Wildman–Crippen LogP) is 0.139. The summed E-state index contributed by atoms with van der Waals surface area (Å²) in [5.74, 6) is 1.06. The van der Waals surface area contributed by atoms with Gasteiger partial charge < -0.3 is 20.7 Å². The standard InChI is InChI=1S/C12H19N5O/c1-17-6-7-18-10(9-17)8-15-12(13)16-11-4-2-3-5-14-11/h2-5,10H,6-9H2,1H3,(H3,13,14,15,16). The molecule has 0 spiro atoms. The number of aliphatic imine (C=N–C) groups is 1. The zero-order valence-electron chi connectivity index (χ0n) is 10.5. The molecule has 18 heavy (non-hydrogen) atoms. The maximum Gasteiger partial charge on any atom is 0.194 e. The van der Waals surface area contributed by atoms with Gasteiger partial charge in [-0.15, -0.1) is 0 Å². The summed E-state index contributed by atoms with van der Waals surface area (Å²) in [6.07, 6.45) is 1.82. The van der Waals surface area contributed by atoms with Crippen LogP contribution in [0.15, 0.2) is 29.4 Å². The van der Waals surface area contributed by atoms with Crippen molar-refractivity contribution in [2.45, 2.75) is 6.10 Å². The number of aromatic nitrogens is 1. The highest BCUT2D eigenvalue weighted by Gasteiger charge is 2.16. The maximum absolute atomic E-state index is 5.79. The van der Waals surface area contributed by atoms with Gasteiger partial charge >= 0.3 is 0 Å². The number of rotatable bonds is 3. The minimum Gasteiger partial charge on any atom is -0.374 e. The average Bonchev–Trinajstić information content (AvgIpc) is 2.38. The summed E-state index contributed by atoms with van der Waals surface area (Å²) >= 11 is 0. The van der Waals surface area contributed by atoms with Crippen LogP contribution in [0.2, 0.25) is 0 Å². The Morgan fingerprint density at radius 2 is 2.56 bits per heavy atom. The molecule has 0 saturated carbocycles. The van der Waals surface area contributed by atoms with E-state index < -0.39 is 0 Å². The molecule has 1 saturated heterocycles. The third-order valence-electron chi connectivity index (χ3n) is 2.73. The summed E-state index contributed by atoms with van der Waals surface area (Å²) in [4.78, 5) is 10.6. The number of pyridine rings is 1. The van der Waals surface area contributed by atoms with Crippen molar-refractivity contribution in [3.8, 4) is 0 Å². The molecule has 1 atom stereocenters. The first-order valence-electron chi connectivity index (χ1n) is 6.02. The third kappa shape index (κ3) is 3.97. The molecule has 1 fully saturated rings. The zero-order chi connectivity index (χ0) is 12.8. The van der Waals surface area contributed by atoms with Crippen LogP contribution in [-0.2, 0) is 4.74 Å². The summed E-state index contributed by atoms with van der Waals surface area (Å²) in [5, 5.41) is 2.94. The van der Waals surface area contributed by atoms with Crippen LogP contribution in [0.4, 0.5) is 5.82 Å². The average molecular weight is 249 g/mol. The molecule has 1 unspecified atom stereocenters. The summed E-state index contributed by atoms with van der Waals surface area (Å²) in [6, 6.07) is 5.58. The monoisotopic (exact) mass is 249 g/mol. The number of likely N-dealkylation sites (N-methyl/N-ethyl adjacent to an activating group) is 1. The molecule has 3 N–H and O–H groups in total. The molecule has 0 aliphatic carbocycles. The molecule has 0 radical (unpaired) electrons. The van der Waals surface area contributed by atoms with Gasteiger partial charge in [0.05, 0.1) is 19.3 Å². The van der Waals surface area contributed by atoms with Crippen LogP contribution in [0.5, 0.6) is 0 Å². The topological polar surface area (TPSA) is 75.8 Å². The van der Waals surface area contributed by atoms with Crippen LogP contribution in [0.25, 0.3) is 0 Å². The number of anilines is 1. The van der Waals surface area contributed by atoms with Crippen LogP contribution in [-0.4, -0.2) is 55.2 Å². The van der Waals surface area contributed by atoms with Crippen molar-refractivity contribution in [3.05, 3.63) is 24.4 Å². The van der Waals surface area contributed by atoms with Crippen molar-refractivity contribution in [1.82, 2.24) is 9.88 Å². The molecule has 1 aliphatic heterocycles. The molecule has 6 nitrogen and oxygen atoms in total. The van der Waals surface area contributed by atoms with Crippen molar-refractivity contribution < 1.29 is 4.74 Å². The van der Waals surface area contributed by atoms with E-state index in [1.54, 1.807) is 6.20 Å². The molecular formula is C12H19N5O. The predicted molar refractivity (Wildman–Crippen MR) is 71.6 cm³/mol. The van der Waals surface area contributed by atoms with E-state index in [-0.39, 0.29) is 6.10 Å². The zero-order valence-corrected chi connectivity index (χ0v) is 10.5. The number of nitrogens with two attached hydrogens (primary N) is 1. The number of guanidine groups is 1. The summed E-state index contributed by atoms with van der Waals surface area (Å²) in [7, 11) is 2.08. The van der Waals surface area contributed by atoms with Gasteiger partial charge in [0.25, 0.3) is 0 Å². The molecular weight excluding hydrogens is 230 g/mol. The van der Waals surface area contributed by atoms with E-state index in [1.165, 1.54) is 0 Å². The van der Waals surface area contributed by atoms with Gasteiger partial charge in [0, 0.05) is 19.3 Å². The van der Waals surface area contributed by atoms with E-state index in [0.717, 1.165) is 19.7 Å². The minimum atomic E-state index is 0.118. The highest BCUT2D eigenvalue weighted by atomic mass is 16.5. The Balaban J connectivity index is 1.81. The molecule has 1 aromatic heterocycles. The Morgan fingerprint density at radius 3 is 3.28 bits per heavy atom. The van der Waals surface area contributed by atoms with E-state index in [9.17, 15) is 0 Å². The maximum atomic E-state index is 5.79. The lowest BCUT2D eigenvalue weighted by Crippen LogP contribution is -2.41. The second-order valence-corrected chi connectivity index (χ2v) is 4.32. The van der Waals surface area contributed by atoms with Gasteiger partial charge in [-0.25, -0.2) is 4.98 Å². The summed E-state index contributed by atoms with van der Waals surface area (Å²) in [6.45, 7) is 3.18.